The van der Waals surface area contributed by atoms with Gasteiger partial charge in [0.2, 0.25) is 0 Å². The van der Waals surface area contributed by atoms with Gasteiger partial charge in [0.15, 0.2) is 0 Å². The van der Waals surface area contributed by atoms with Gasteiger partial charge in [0.05, 0.1) is 6.04 Å². The molecule has 9 unspecified atom stereocenters. The summed E-state index contributed by atoms with van der Waals surface area (Å²) in [5.41, 5.74) is 10.8. The van der Waals surface area contributed by atoms with Gasteiger partial charge in [0.1, 0.15) is 0 Å². The molecule has 0 spiro atoms. The number of allylic oxidation sites excluding steroid dienone is 6. The summed E-state index contributed by atoms with van der Waals surface area (Å²) in [5, 5.41) is 1.18. The standard InChI is InChI=1S/C50H47NS2/c1-3-15-32(16-4-1)33-29-30-41-46(31-33)53-45-28-14-22-36(48(45)49(41)47-39-20-8-11-26-43(39)52-44-27-12-9-21-40(44)47)38-24-13-23-37-35-19-7-10-25-42(35)51(50(37)38)34-17-5-2-6-18-34/h1-9,11-21,23-24,26-28,33,36-37,41,45-50H,10,22,25,29-31H2. The summed E-state index contributed by atoms with van der Waals surface area (Å²) < 4.78 is 0. The molecule has 1 saturated heterocycles. The first-order valence-electron chi connectivity index (χ1n) is 20.2. The second-order valence-corrected chi connectivity index (χ2v) is 18.9. The monoisotopic (exact) mass is 725 g/mol. The molecule has 0 amide bonds. The van der Waals surface area contributed by atoms with Gasteiger partial charge < -0.3 is 4.90 Å². The molecular formula is C50H47NS2. The van der Waals surface area contributed by atoms with Crippen LogP contribution in [-0.4, -0.2) is 16.5 Å². The van der Waals surface area contributed by atoms with Crippen LogP contribution in [0.4, 0.5) is 5.69 Å². The molecule has 1 saturated carbocycles. The van der Waals surface area contributed by atoms with E-state index in [9.17, 15) is 0 Å². The van der Waals surface area contributed by atoms with Crippen molar-refractivity contribution in [1.29, 1.82) is 0 Å². The normalized spacial score (nSPS) is 32.6. The van der Waals surface area contributed by atoms with Crippen LogP contribution in [0.25, 0.3) is 0 Å². The van der Waals surface area contributed by atoms with Crippen LogP contribution in [0.3, 0.4) is 0 Å². The van der Waals surface area contributed by atoms with Gasteiger partial charge >= 0.3 is 0 Å². The molecule has 7 aliphatic rings. The molecule has 264 valence electrons. The predicted molar refractivity (Wildman–Crippen MR) is 224 cm³/mol. The maximum absolute atomic E-state index is 2.78. The number of benzene rings is 4. The SMILES string of the molecule is C1=CC2C3=C(CCC=C3)N(c3ccccc3)C2C(C2CC=CC3SC4CC(c5ccccc5)CCC4C(C4c5ccccc5Sc5ccccc54)C32)=C1. The van der Waals surface area contributed by atoms with Gasteiger partial charge in [-0.1, -0.05) is 139 Å². The van der Waals surface area contributed by atoms with Crippen molar-refractivity contribution in [3.8, 4) is 0 Å². The number of thioether (sulfide) groups is 1. The molecule has 0 aromatic heterocycles. The van der Waals surface area contributed by atoms with Crippen LogP contribution in [0.1, 0.15) is 67.1 Å². The zero-order valence-corrected chi connectivity index (χ0v) is 31.8. The summed E-state index contributed by atoms with van der Waals surface area (Å²) in [5.74, 6) is 3.79. The van der Waals surface area contributed by atoms with Gasteiger partial charge in [-0.25, -0.2) is 0 Å². The summed E-state index contributed by atoms with van der Waals surface area (Å²) in [6, 6.07) is 42.1. The lowest BCUT2D eigenvalue weighted by molar-refractivity contribution is 0.110. The van der Waals surface area contributed by atoms with E-state index in [1.807, 2.05) is 11.8 Å². The van der Waals surface area contributed by atoms with Crippen LogP contribution in [0.15, 0.2) is 178 Å². The van der Waals surface area contributed by atoms with Crippen LogP contribution in [0, 0.1) is 29.6 Å². The Bertz CT molecular complexity index is 2130. The molecule has 53 heavy (non-hydrogen) atoms. The van der Waals surface area contributed by atoms with Gasteiger partial charge in [-0.2, -0.15) is 11.8 Å². The molecule has 0 bridgehead atoms. The van der Waals surface area contributed by atoms with Crippen molar-refractivity contribution < 1.29 is 0 Å². The lowest BCUT2D eigenvalue weighted by Gasteiger charge is -2.57. The molecule has 3 heterocycles. The van der Waals surface area contributed by atoms with E-state index in [2.05, 4.69) is 168 Å². The van der Waals surface area contributed by atoms with Crippen molar-refractivity contribution in [3.05, 3.63) is 185 Å². The zero-order chi connectivity index (χ0) is 34.9. The fraction of sp³-hybridized carbons (Fsp3) is 0.320. The number of rotatable bonds is 4. The highest BCUT2D eigenvalue weighted by Gasteiger charge is 2.56. The smallest absolute Gasteiger partial charge is 0.0658 e. The first-order valence-corrected chi connectivity index (χ1v) is 21.9. The van der Waals surface area contributed by atoms with E-state index >= 15 is 0 Å². The van der Waals surface area contributed by atoms with Crippen LogP contribution in [-0.2, 0) is 0 Å². The van der Waals surface area contributed by atoms with Crippen molar-refractivity contribution in [2.24, 2.45) is 29.6 Å². The fourth-order valence-electron chi connectivity index (χ4n) is 11.9. The molecule has 4 aromatic carbocycles. The maximum Gasteiger partial charge on any atom is 0.0658 e. The molecular weight excluding hydrogens is 679 g/mol. The van der Waals surface area contributed by atoms with Crippen molar-refractivity contribution in [2.75, 3.05) is 4.90 Å². The van der Waals surface area contributed by atoms with E-state index in [0.29, 0.717) is 58.0 Å². The molecule has 9 atom stereocenters. The van der Waals surface area contributed by atoms with Crippen molar-refractivity contribution in [3.63, 3.8) is 0 Å². The second kappa shape index (κ2) is 13.4. The third kappa shape index (κ3) is 5.35. The molecule has 0 radical (unpaired) electrons. The first kappa shape index (κ1) is 32.5. The molecule has 1 nitrogen and oxygen atoms in total. The summed E-state index contributed by atoms with van der Waals surface area (Å²) >= 11 is 4.36. The van der Waals surface area contributed by atoms with E-state index in [4.69, 9.17) is 0 Å². The summed E-state index contributed by atoms with van der Waals surface area (Å²) in [4.78, 5) is 5.73. The maximum atomic E-state index is 2.78. The van der Waals surface area contributed by atoms with Crippen LogP contribution >= 0.6 is 23.5 Å². The van der Waals surface area contributed by atoms with Crippen molar-refractivity contribution in [2.45, 2.75) is 76.7 Å². The number of para-hydroxylation sites is 1. The van der Waals surface area contributed by atoms with Gasteiger partial charge in [-0.05, 0) is 120 Å². The lowest BCUT2D eigenvalue weighted by Crippen LogP contribution is -2.52. The highest BCUT2D eigenvalue weighted by molar-refractivity contribution is 8.00. The number of nitrogens with zero attached hydrogens (tertiary/aromatic N) is 1. The van der Waals surface area contributed by atoms with E-state index in [1.165, 1.54) is 34.7 Å². The third-order valence-corrected chi connectivity index (χ3v) is 16.8. The van der Waals surface area contributed by atoms with Crippen LogP contribution < -0.4 is 4.90 Å². The Morgan fingerprint density at radius 2 is 1.43 bits per heavy atom. The van der Waals surface area contributed by atoms with Crippen molar-refractivity contribution in [1.82, 2.24) is 0 Å². The largest absolute Gasteiger partial charge is 0.337 e. The van der Waals surface area contributed by atoms with Gasteiger partial charge in [0.25, 0.3) is 0 Å². The Balaban J connectivity index is 1.05. The summed E-state index contributed by atoms with van der Waals surface area (Å²) in [6.45, 7) is 0. The fourth-order valence-corrected chi connectivity index (χ4v) is 15.1. The summed E-state index contributed by atoms with van der Waals surface area (Å²) in [7, 11) is 0. The average molecular weight is 726 g/mol. The van der Waals surface area contributed by atoms with E-state index < -0.39 is 0 Å². The second-order valence-electron chi connectivity index (χ2n) is 16.4. The molecule has 3 heteroatoms. The predicted octanol–water partition coefficient (Wildman–Crippen LogP) is 12.8. The Morgan fingerprint density at radius 3 is 2.23 bits per heavy atom. The lowest BCUT2D eigenvalue weighted by atomic mass is 9.56. The van der Waals surface area contributed by atoms with E-state index in [-0.39, 0.29) is 0 Å². The Morgan fingerprint density at radius 1 is 0.698 bits per heavy atom. The molecule has 4 aromatic rings. The number of anilines is 1. The third-order valence-electron chi connectivity index (χ3n) is 13.9. The Labute approximate surface area is 324 Å². The minimum absolute atomic E-state index is 0.339. The quantitative estimate of drug-likeness (QED) is 0.193. The summed E-state index contributed by atoms with van der Waals surface area (Å²) in [6.07, 6.45) is 25.0. The molecule has 4 aliphatic carbocycles. The number of fused-ring (bicyclic) bond motifs is 6. The minimum atomic E-state index is 0.339. The molecule has 11 rings (SSSR count). The highest BCUT2D eigenvalue weighted by Crippen LogP contribution is 2.64. The average Bonchev–Trinajstić information content (AvgIpc) is 3.57. The molecule has 0 N–H and O–H groups in total. The topological polar surface area (TPSA) is 3.24 Å². The Kier molecular flexibility index (Phi) is 8.24. The Hall–Kier alpha value is -3.92. The van der Waals surface area contributed by atoms with Crippen LogP contribution in [0.2, 0.25) is 0 Å². The molecule has 2 fully saturated rings. The van der Waals surface area contributed by atoms with Gasteiger partial charge in [-0.3, -0.25) is 0 Å². The van der Waals surface area contributed by atoms with Crippen LogP contribution in [0.5, 0.6) is 0 Å². The van der Waals surface area contributed by atoms with Crippen molar-refractivity contribution >= 4 is 29.2 Å². The van der Waals surface area contributed by atoms with E-state index in [0.717, 1.165) is 19.3 Å². The minimum Gasteiger partial charge on any atom is -0.337 e. The highest BCUT2D eigenvalue weighted by atomic mass is 32.2. The number of hydrogen-bond acceptors (Lipinski definition) is 3. The first-order chi connectivity index (χ1) is 26.3. The van der Waals surface area contributed by atoms with Gasteiger partial charge in [0, 0.05) is 43.5 Å². The molecule has 3 aliphatic heterocycles. The zero-order valence-electron chi connectivity index (χ0n) is 30.2. The van der Waals surface area contributed by atoms with Gasteiger partial charge in [-0.15, -0.1) is 0 Å². The van der Waals surface area contributed by atoms with E-state index in [1.54, 1.807) is 33.5 Å². The number of hydrogen-bond donors (Lipinski definition) is 0.